The van der Waals surface area contributed by atoms with Crippen LogP contribution in [-0.4, -0.2) is 27.6 Å². The van der Waals surface area contributed by atoms with E-state index in [1.807, 2.05) is 42.6 Å². The van der Waals surface area contributed by atoms with Crippen LogP contribution >= 0.6 is 22.7 Å². The van der Waals surface area contributed by atoms with E-state index in [4.69, 9.17) is 4.74 Å². The number of thiophene rings is 1. The molecule has 2 aromatic heterocycles. The molecule has 7 nitrogen and oxygen atoms in total. The average molecular weight is 545 g/mol. The van der Waals surface area contributed by atoms with E-state index in [-0.39, 0.29) is 22.2 Å². The van der Waals surface area contributed by atoms with Gasteiger partial charge in [0.05, 0.1) is 16.1 Å². The zero-order valence-electron chi connectivity index (χ0n) is 20.9. The number of carbonyl (C=O) groups excluding carboxylic acids is 3. The molecule has 3 heterocycles. The maximum absolute atomic E-state index is 13.3. The van der Waals surface area contributed by atoms with Crippen LogP contribution in [0.5, 0.6) is 5.75 Å². The maximum Gasteiger partial charge on any atom is 0.301 e. The highest BCUT2D eigenvalue weighted by Crippen LogP contribution is 2.45. The third-order valence-electron chi connectivity index (χ3n) is 6.35. The molecule has 1 saturated heterocycles. The molecule has 192 valence electrons. The number of aliphatic hydroxyl groups is 1. The van der Waals surface area contributed by atoms with Gasteiger partial charge in [0.2, 0.25) is 0 Å². The molecule has 0 aliphatic carbocycles. The summed E-state index contributed by atoms with van der Waals surface area (Å²) in [5.41, 5.74) is 3.05. The standard InChI is InChI=1S/C29H24N2O5S2/c1-16-7-4-5-8-20(16)15-36-21-12-10-19(11-13-21)25(33)23-24(22-9-6-14-37-22)31(28(35)26(23)34)29-30-17(2)27(38-29)18(3)32/h4-14,24,33H,15H2,1-3H3/b25-23+. The van der Waals surface area contributed by atoms with Crippen molar-refractivity contribution >= 4 is 51.0 Å². The summed E-state index contributed by atoms with van der Waals surface area (Å²) in [7, 11) is 0. The summed E-state index contributed by atoms with van der Waals surface area (Å²) in [5, 5.41) is 13.4. The van der Waals surface area contributed by atoms with Gasteiger partial charge in [0.1, 0.15) is 24.2 Å². The number of nitrogens with zero attached hydrogens (tertiary/aromatic N) is 2. The van der Waals surface area contributed by atoms with Gasteiger partial charge in [0, 0.05) is 17.4 Å². The van der Waals surface area contributed by atoms with Gasteiger partial charge in [0.15, 0.2) is 10.9 Å². The summed E-state index contributed by atoms with van der Waals surface area (Å²) in [4.78, 5) is 45.4. The highest BCUT2D eigenvalue weighted by Gasteiger charge is 2.48. The van der Waals surface area contributed by atoms with Crippen molar-refractivity contribution in [2.24, 2.45) is 0 Å². The largest absolute Gasteiger partial charge is 0.507 e. The Labute approximate surface area is 227 Å². The molecule has 0 saturated carbocycles. The molecule has 38 heavy (non-hydrogen) atoms. The number of benzene rings is 2. The molecule has 4 aromatic rings. The molecule has 0 bridgehead atoms. The number of Topliss-reactive ketones (excluding diaryl/α,β-unsaturated/α-hetero) is 2. The number of aryl methyl sites for hydroxylation is 2. The second kappa shape index (κ2) is 10.4. The Kier molecular flexibility index (Phi) is 6.96. The lowest BCUT2D eigenvalue weighted by molar-refractivity contribution is -0.132. The number of anilines is 1. The average Bonchev–Trinajstić information content (AvgIpc) is 3.62. The van der Waals surface area contributed by atoms with Crippen LogP contribution in [0.4, 0.5) is 5.13 Å². The fourth-order valence-electron chi connectivity index (χ4n) is 4.36. The SMILES string of the molecule is CC(=O)c1sc(N2C(=O)C(=O)/C(=C(/O)c3ccc(OCc4ccccc4C)cc3)C2c2cccs2)nc1C. The van der Waals surface area contributed by atoms with Crippen molar-refractivity contribution in [3.8, 4) is 5.75 Å². The quantitative estimate of drug-likeness (QED) is 0.128. The molecule has 2 aromatic carbocycles. The number of ether oxygens (including phenoxy) is 1. The van der Waals surface area contributed by atoms with Gasteiger partial charge in [-0.1, -0.05) is 41.7 Å². The van der Waals surface area contributed by atoms with E-state index in [0.29, 0.717) is 33.4 Å². The summed E-state index contributed by atoms with van der Waals surface area (Å²) in [6, 6.07) is 17.4. The maximum atomic E-state index is 13.3. The predicted octanol–water partition coefficient (Wildman–Crippen LogP) is 6.23. The minimum atomic E-state index is -0.864. The first-order valence-electron chi connectivity index (χ1n) is 11.9. The van der Waals surface area contributed by atoms with E-state index >= 15 is 0 Å². The van der Waals surface area contributed by atoms with Crippen molar-refractivity contribution in [1.82, 2.24) is 4.98 Å². The minimum Gasteiger partial charge on any atom is -0.507 e. The minimum absolute atomic E-state index is 0.0248. The first-order chi connectivity index (χ1) is 18.3. The number of amides is 1. The number of ketones is 2. The van der Waals surface area contributed by atoms with Crippen molar-refractivity contribution in [3.63, 3.8) is 0 Å². The molecule has 1 aliphatic rings. The Hall–Kier alpha value is -4.08. The molecule has 1 atom stereocenters. The van der Waals surface area contributed by atoms with Crippen LogP contribution in [0, 0.1) is 13.8 Å². The van der Waals surface area contributed by atoms with Gasteiger partial charge in [-0.15, -0.1) is 11.3 Å². The fraction of sp³-hybridized carbons (Fsp3) is 0.172. The summed E-state index contributed by atoms with van der Waals surface area (Å²) in [5.74, 6) is -1.45. The lowest BCUT2D eigenvalue weighted by Crippen LogP contribution is -2.29. The van der Waals surface area contributed by atoms with E-state index in [0.717, 1.165) is 22.5 Å². The smallest absolute Gasteiger partial charge is 0.301 e. The highest BCUT2D eigenvalue weighted by molar-refractivity contribution is 7.18. The number of carbonyl (C=O) groups is 3. The molecule has 0 radical (unpaired) electrons. The van der Waals surface area contributed by atoms with Crippen LogP contribution in [0.1, 0.15) is 49.9 Å². The van der Waals surface area contributed by atoms with E-state index < -0.39 is 17.7 Å². The van der Waals surface area contributed by atoms with Gasteiger partial charge in [-0.3, -0.25) is 19.3 Å². The second-order valence-corrected chi connectivity index (χ2v) is 10.8. The molecule has 1 amide bonds. The summed E-state index contributed by atoms with van der Waals surface area (Å²) in [6.07, 6.45) is 0. The molecule has 1 fully saturated rings. The van der Waals surface area contributed by atoms with E-state index in [1.165, 1.54) is 23.2 Å². The number of aliphatic hydroxyl groups excluding tert-OH is 1. The lowest BCUT2D eigenvalue weighted by Gasteiger charge is -2.21. The van der Waals surface area contributed by atoms with Gasteiger partial charge in [0.25, 0.3) is 5.78 Å². The molecular weight excluding hydrogens is 520 g/mol. The van der Waals surface area contributed by atoms with Crippen LogP contribution in [0.25, 0.3) is 5.76 Å². The molecule has 1 aliphatic heterocycles. The molecule has 0 spiro atoms. The third kappa shape index (κ3) is 4.66. The number of rotatable bonds is 7. The Morgan fingerprint density at radius 2 is 1.79 bits per heavy atom. The lowest BCUT2D eigenvalue weighted by atomic mass is 10.00. The predicted molar refractivity (Wildman–Crippen MR) is 148 cm³/mol. The molecule has 1 unspecified atom stereocenters. The van der Waals surface area contributed by atoms with Crippen LogP contribution < -0.4 is 9.64 Å². The van der Waals surface area contributed by atoms with Crippen LogP contribution in [0.15, 0.2) is 71.6 Å². The topological polar surface area (TPSA) is 96.8 Å². The highest BCUT2D eigenvalue weighted by atomic mass is 32.1. The zero-order valence-corrected chi connectivity index (χ0v) is 22.6. The Balaban J connectivity index is 1.50. The Bertz CT molecular complexity index is 1570. The van der Waals surface area contributed by atoms with Gasteiger partial charge < -0.3 is 9.84 Å². The van der Waals surface area contributed by atoms with Crippen molar-refractivity contribution in [2.75, 3.05) is 4.90 Å². The summed E-state index contributed by atoms with van der Waals surface area (Å²) < 4.78 is 5.90. The molecule has 9 heteroatoms. The van der Waals surface area contributed by atoms with Crippen LogP contribution in [0.3, 0.4) is 0 Å². The second-order valence-electron chi connectivity index (χ2n) is 8.89. The normalized spacial score (nSPS) is 16.7. The number of hydrogen-bond donors (Lipinski definition) is 1. The van der Waals surface area contributed by atoms with Gasteiger partial charge in [-0.05, 0) is 60.7 Å². The zero-order chi connectivity index (χ0) is 27.0. The van der Waals surface area contributed by atoms with Crippen molar-refractivity contribution in [1.29, 1.82) is 0 Å². The van der Waals surface area contributed by atoms with Crippen molar-refractivity contribution in [2.45, 2.75) is 33.4 Å². The van der Waals surface area contributed by atoms with Crippen LogP contribution in [-0.2, 0) is 16.2 Å². The third-order valence-corrected chi connectivity index (χ3v) is 8.53. The first kappa shape index (κ1) is 25.6. The van der Waals surface area contributed by atoms with Gasteiger partial charge in [-0.2, -0.15) is 0 Å². The summed E-state index contributed by atoms with van der Waals surface area (Å²) >= 11 is 2.43. The van der Waals surface area contributed by atoms with Gasteiger partial charge >= 0.3 is 5.91 Å². The van der Waals surface area contributed by atoms with Crippen molar-refractivity contribution < 1.29 is 24.2 Å². The van der Waals surface area contributed by atoms with Gasteiger partial charge in [-0.25, -0.2) is 4.98 Å². The first-order valence-corrected chi connectivity index (χ1v) is 13.6. The van der Waals surface area contributed by atoms with Crippen molar-refractivity contribution in [3.05, 3.63) is 104 Å². The van der Waals surface area contributed by atoms with Crippen LogP contribution in [0.2, 0.25) is 0 Å². The van der Waals surface area contributed by atoms with E-state index in [2.05, 4.69) is 4.98 Å². The molecule has 1 N–H and O–H groups in total. The Morgan fingerprint density at radius 3 is 2.42 bits per heavy atom. The summed E-state index contributed by atoms with van der Waals surface area (Å²) in [6.45, 7) is 5.55. The molecule has 5 rings (SSSR count). The number of thiazole rings is 1. The van der Waals surface area contributed by atoms with E-state index in [1.54, 1.807) is 37.3 Å². The van der Waals surface area contributed by atoms with E-state index in [9.17, 15) is 19.5 Å². The number of aromatic nitrogens is 1. The monoisotopic (exact) mass is 544 g/mol. The Morgan fingerprint density at radius 1 is 1.05 bits per heavy atom. The molecular formula is C29H24N2O5S2. The number of hydrogen-bond acceptors (Lipinski definition) is 8. The fourth-order valence-corrected chi connectivity index (χ4v) is 6.17.